The summed E-state index contributed by atoms with van der Waals surface area (Å²) >= 11 is 0. The maximum Gasteiger partial charge on any atom is 0.159 e. The molecule has 0 saturated heterocycles. The van der Waals surface area contributed by atoms with E-state index < -0.39 is 0 Å². The van der Waals surface area contributed by atoms with Gasteiger partial charge in [-0.15, -0.1) is 0 Å². The van der Waals surface area contributed by atoms with Crippen LogP contribution < -0.4 is 0 Å². The van der Waals surface area contributed by atoms with E-state index in [-0.39, 0.29) is 6.04 Å². The molecule has 27 heavy (non-hydrogen) atoms. The van der Waals surface area contributed by atoms with E-state index in [0.29, 0.717) is 0 Å². The van der Waals surface area contributed by atoms with Crippen molar-refractivity contribution in [3.05, 3.63) is 96.1 Å². The minimum atomic E-state index is -0.00105. The molecule has 1 atom stereocenters. The van der Waals surface area contributed by atoms with Crippen molar-refractivity contribution in [2.75, 3.05) is 0 Å². The van der Waals surface area contributed by atoms with Crippen LogP contribution in [0.25, 0.3) is 11.1 Å². The molecule has 0 amide bonds. The zero-order valence-corrected chi connectivity index (χ0v) is 15.0. The summed E-state index contributed by atoms with van der Waals surface area (Å²) in [4.78, 5) is 5.05. The van der Waals surface area contributed by atoms with Crippen LogP contribution in [-0.4, -0.2) is 15.5 Å². The SMILES string of the molecule is Cc1nn2c(c1-c1ccccc1)N=C(c1ccccc1)C[C@H]2c1ccco1. The lowest BCUT2D eigenvalue weighted by Crippen LogP contribution is -2.20. The molecule has 4 nitrogen and oxygen atoms in total. The van der Waals surface area contributed by atoms with Gasteiger partial charge in [0, 0.05) is 12.0 Å². The lowest BCUT2D eigenvalue weighted by molar-refractivity contribution is 0.409. The van der Waals surface area contributed by atoms with Gasteiger partial charge in [-0.1, -0.05) is 60.7 Å². The van der Waals surface area contributed by atoms with Gasteiger partial charge in [0.25, 0.3) is 0 Å². The molecule has 0 aliphatic carbocycles. The molecule has 0 N–H and O–H groups in total. The van der Waals surface area contributed by atoms with Crippen LogP contribution in [0.4, 0.5) is 5.82 Å². The zero-order valence-electron chi connectivity index (χ0n) is 15.0. The van der Waals surface area contributed by atoms with Gasteiger partial charge in [0.1, 0.15) is 11.8 Å². The van der Waals surface area contributed by atoms with Crippen molar-refractivity contribution in [2.24, 2.45) is 4.99 Å². The molecule has 0 fully saturated rings. The van der Waals surface area contributed by atoms with Crippen molar-refractivity contribution in [1.82, 2.24) is 9.78 Å². The number of aromatic nitrogens is 2. The normalized spacial score (nSPS) is 16.0. The van der Waals surface area contributed by atoms with Gasteiger partial charge in [-0.25, -0.2) is 9.67 Å². The molecular formula is C23H19N3O. The van der Waals surface area contributed by atoms with Gasteiger partial charge in [-0.2, -0.15) is 5.10 Å². The molecule has 5 rings (SSSR count). The molecule has 1 aliphatic rings. The Labute approximate surface area is 157 Å². The molecule has 2 aromatic heterocycles. The first-order valence-electron chi connectivity index (χ1n) is 9.12. The van der Waals surface area contributed by atoms with Crippen LogP contribution >= 0.6 is 0 Å². The lowest BCUT2D eigenvalue weighted by atomic mass is 9.98. The standard InChI is InChI=1S/C23H19N3O/c1-16-22(18-11-6-3-7-12-18)23-24-19(17-9-4-2-5-10-17)15-20(26(23)25-16)21-13-8-14-27-21/h2-14,20H,15H2,1H3/t20-/m0/s1. The van der Waals surface area contributed by atoms with Crippen molar-refractivity contribution in [2.45, 2.75) is 19.4 Å². The highest BCUT2D eigenvalue weighted by atomic mass is 16.3. The van der Waals surface area contributed by atoms with Gasteiger partial charge in [-0.05, 0) is 30.2 Å². The number of rotatable bonds is 3. The zero-order chi connectivity index (χ0) is 18.2. The van der Waals surface area contributed by atoms with E-state index in [2.05, 4.69) is 36.4 Å². The Balaban J connectivity index is 1.74. The van der Waals surface area contributed by atoms with Gasteiger partial charge in [-0.3, -0.25) is 0 Å². The number of hydrogen-bond donors (Lipinski definition) is 0. The summed E-state index contributed by atoms with van der Waals surface area (Å²) in [7, 11) is 0. The number of benzene rings is 2. The average Bonchev–Trinajstić information content (AvgIpc) is 3.36. The summed E-state index contributed by atoms with van der Waals surface area (Å²) in [5.74, 6) is 1.80. The molecule has 4 heteroatoms. The smallest absolute Gasteiger partial charge is 0.159 e. The van der Waals surface area contributed by atoms with E-state index in [1.54, 1.807) is 6.26 Å². The molecule has 0 spiro atoms. The van der Waals surface area contributed by atoms with E-state index in [4.69, 9.17) is 14.5 Å². The van der Waals surface area contributed by atoms with Crippen LogP contribution in [0.15, 0.2) is 88.5 Å². The summed E-state index contributed by atoms with van der Waals surface area (Å²) in [6.45, 7) is 2.05. The fraction of sp³-hybridized carbons (Fsp3) is 0.130. The van der Waals surface area contributed by atoms with E-state index in [1.165, 1.54) is 0 Å². The van der Waals surface area contributed by atoms with Gasteiger partial charge in [0.2, 0.25) is 0 Å². The Morgan fingerprint density at radius 1 is 0.889 bits per heavy atom. The molecule has 132 valence electrons. The highest BCUT2D eigenvalue weighted by molar-refractivity contribution is 6.04. The van der Waals surface area contributed by atoms with Crippen molar-refractivity contribution in [3.63, 3.8) is 0 Å². The molecular weight excluding hydrogens is 334 g/mol. The van der Waals surface area contributed by atoms with Crippen LogP contribution in [0.1, 0.15) is 29.5 Å². The minimum absolute atomic E-state index is 0.00105. The average molecular weight is 353 g/mol. The van der Waals surface area contributed by atoms with Gasteiger partial charge < -0.3 is 4.42 Å². The third kappa shape index (κ3) is 2.70. The molecule has 0 unspecified atom stereocenters. The largest absolute Gasteiger partial charge is 0.467 e. The van der Waals surface area contributed by atoms with Crippen LogP contribution in [0.3, 0.4) is 0 Å². The topological polar surface area (TPSA) is 43.3 Å². The number of furan rings is 1. The Bertz CT molecular complexity index is 1090. The van der Waals surface area contributed by atoms with Crippen molar-refractivity contribution >= 4 is 11.5 Å². The van der Waals surface area contributed by atoms with E-state index in [9.17, 15) is 0 Å². The first-order chi connectivity index (χ1) is 13.3. The number of nitrogens with zero attached hydrogens (tertiary/aromatic N) is 3. The molecule has 0 saturated carbocycles. The van der Waals surface area contributed by atoms with Crippen LogP contribution in [0.5, 0.6) is 0 Å². The lowest BCUT2D eigenvalue weighted by Gasteiger charge is -2.23. The van der Waals surface area contributed by atoms with Crippen LogP contribution in [0, 0.1) is 6.92 Å². The number of aryl methyl sites for hydroxylation is 1. The van der Waals surface area contributed by atoms with E-state index in [1.807, 2.05) is 48.0 Å². The molecule has 4 aromatic rings. The van der Waals surface area contributed by atoms with Crippen molar-refractivity contribution < 1.29 is 4.42 Å². The second-order valence-electron chi connectivity index (χ2n) is 6.75. The quantitative estimate of drug-likeness (QED) is 0.483. The molecule has 2 aromatic carbocycles. The summed E-state index contributed by atoms with van der Waals surface area (Å²) in [5, 5.41) is 4.84. The van der Waals surface area contributed by atoms with E-state index in [0.717, 1.165) is 46.1 Å². The van der Waals surface area contributed by atoms with Crippen LogP contribution in [-0.2, 0) is 0 Å². The highest BCUT2D eigenvalue weighted by Gasteiger charge is 2.30. The minimum Gasteiger partial charge on any atom is -0.467 e. The molecule has 1 aliphatic heterocycles. The number of fused-ring (bicyclic) bond motifs is 1. The first kappa shape index (κ1) is 15.8. The molecule has 0 radical (unpaired) electrons. The van der Waals surface area contributed by atoms with E-state index >= 15 is 0 Å². The summed E-state index contributed by atoms with van der Waals surface area (Å²) < 4.78 is 7.77. The first-order valence-corrected chi connectivity index (χ1v) is 9.12. The Morgan fingerprint density at radius 3 is 2.26 bits per heavy atom. The number of hydrogen-bond acceptors (Lipinski definition) is 3. The monoisotopic (exact) mass is 353 g/mol. The molecule has 0 bridgehead atoms. The fourth-order valence-corrected chi connectivity index (χ4v) is 3.76. The summed E-state index contributed by atoms with van der Waals surface area (Å²) in [5.41, 5.74) is 5.39. The predicted molar refractivity (Wildman–Crippen MR) is 107 cm³/mol. The predicted octanol–water partition coefficient (Wildman–Crippen LogP) is 5.57. The maximum absolute atomic E-state index is 5.75. The second kappa shape index (κ2) is 6.40. The third-order valence-corrected chi connectivity index (χ3v) is 5.02. The van der Waals surface area contributed by atoms with Crippen LogP contribution in [0.2, 0.25) is 0 Å². The number of aliphatic imine (C=N–C) groups is 1. The fourth-order valence-electron chi connectivity index (χ4n) is 3.76. The van der Waals surface area contributed by atoms with Crippen molar-refractivity contribution in [1.29, 1.82) is 0 Å². The maximum atomic E-state index is 5.75. The van der Waals surface area contributed by atoms with Gasteiger partial charge in [0.05, 0.1) is 17.7 Å². The highest BCUT2D eigenvalue weighted by Crippen LogP contribution is 2.41. The van der Waals surface area contributed by atoms with Gasteiger partial charge >= 0.3 is 0 Å². The van der Waals surface area contributed by atoms with Crippen molar-refractivity contribution in [3.8, 4) is 11.1 Å². The summed E-state index contributed by atoms with van der Waals surface area (Å²) in [6, 6.07) is 24.6. The molecule has 3 heterocycles. The Morgan fingerprint density at radius 2 is 1.59 bits per heavy atom. The second-order valence-corrected chi connectivity index (χ2v) is 6.75. The summed E-state index contributed by atoms with van der Waals surface area (Å²) in [6.07, 6.45) is 2.47. The Hall–Kier alpha value is -3.40. The Kier molecular flexibility index (Phi) is 3.75. The van der Waals surface area contributed by atoms with Gasteiger partial charge in [0.15, 0.2) is 5.82 Å². The third-order valence-electron chi connectivity index (χ3n) is 5.02.